The molecule has 27 heavy (non-hydrogen) atoms. The number of halogens is 2. The highest BCUT2D eigenvalue weighted by Crippen LogP contribution is 2.36. The Balaban J connectivity index is 2.18. The third-order valence-corrected chi connectivity index (χ3v) is 7.20. The molecule has 1 heterocycles. The molecular formula is C19H20F2N2O2S2. The van der Waals surface area contributed by atoms with Gasteiger partial charge in [-0.05, 0) is 63.5 Å². The van der Waals surface area contributed by atoms with E-state index in [4.69, 9.17) is 0 Å². The molecule has 0 atom stereocenters. The number of aromatic nitrogens is 1. The Morgan fingerprint density at radius 1 is 1.04 bits per heavy atom. The summed E-state index contributed by atoms with van der Waals surface area (Å²) in [7, 11) is -0.0351. The predicted octanol–water partition coefficient (Wildman–Crippen LogP) is 4.12. The van der Waals surface area contributed by atoms with Gasteiger partial charge in [0.2, 0.25) is 0 Å². The minimum atomic E-state index is -3.94. The van der Waals surface area contributed by atoms with Gasteiger partial charge in [0, 0.05) is 28.3 Å². The summed E-state index contributed by atoms with van der Waals surface area (Å²) in [6.07, 6.45) is 0. The summed E-state index contributed by atoms with van der Waals surface area (Å²) < 4.78 is 54.7. The van der Waals surface area contributed by atoms with Crippen molar-refractivity contribution in [1.29, 1.82) is 0 Å². The Kier molecular flexibility index (Phi) is 5.60. The monoisotopic (exact) mass is 410 g/mol. The first-order chi connectivity index (χ1) is 12.7. The molecule has 0 aliphatic rings. The smallest absolute Gasteiger partial charge is 0.268 e. The second-order valence-electron chi connectivity index (χ2n) is 6.45. The van der Waals surface area contributed by atoms with Crippen molar-refractivity contribution >= 4 is 32.7 Å². The molecule has 144 valence electrons. The summed E-state index contributed by atoms with van der Waals surface area (Å²) in [4.78, 5) is 2.74. The van der Waals surface area contributed by atoms with Crippen molar-refractivity contribution < 1.29 is 17.2 Å². The predicted molar refractivity (Wildman–Crippen MR) is 105 cm³/mol. The first-order valence-corrected chi connectivity index (χ1v) is 10.7. The van der Waals surface area contributed by atoms with E-state index < -0.39 is 21.7 Å². The first kappa shape index (κ1) is 19.9. The maximum Gasteiger partial charge on any atom is 0.268 e. The second kappa shape index (κ2) is 7.61. The van der Waals surface area contributed by atoms with Gasteiger partial charge >= 0.3 is 0 Å². The van der Waals surface area contributed by atoms with E-state index in [0.717, 1.165) is 29.3 Å². The lowest BCUT2D eigenvalue weighted by Crippen LogP contribution is -2.15. The largest absolute Gasteiger partial charge is 0.309 e. The average molecular weight is 411 g/mol. The van der Waals surface area contributed by atoms with Gasteiger partial charge in [0.25, 0.3) is 10.0 Å². The van der Waals surface area contributed by atoms with Crippen LogP contribution < -0.4 is 0 Å². The van der Waals surface area contributed by atoms with Crippen LogP contribution in [-0.2, 0) is 10.0 Å². The van der Waals surface area contributed by atoms with E-state index in [1.54, 1.807) is 6.92 Å². The zero-order valence-corrected chi connectivity index (χ0v) is 16.9. The van der Waals surface area contributed by atoms with Gasteiger partial charge in [0.15, 0.2) is 0 Å². The fraction of sp³-hybridized carbons (Fsp3) is 0.263. The van der Waals surface area contributed by atoms with Gasteiger partial charge < -0.3 is 4.90 Å². The summed E-state index contributed by atoms with van der Waals surface area (Å²) in [5.74, 6) is -0.196. The van der Waals surface area contributed by atoms with Crippen molar-refractivity contribution in [2.45, 2.75) is 16.7 Å². The number of fused-ring (bicyclic) bond motifs is 1. The molecular weight excluding hydrogens is 390 g/mol. The molecule has 0 N–H and O–H groups in total. The zero-order valence-electron chi connectivity index (χ0n) is 15.2. The van der Waals surface area contributed by atoms with Crippen LogP contribution in [0.2, 0.25) is 0 Å². The third kappa shape index (κ3) is 3.88. The Morgan fingerprint density at radius 3 is 2.30 bits per heavy atom. The van der Waals surface area contributed by atoms with E-state index in [0.29, 0.717) is 16.6 Å². The molecule has 0 saturated heterocycles. The summed E-state index contributed by atoms with van der Waals surface area (Å²) >= 11 is 1.49. The first-order valence-electron chi connectivity index (χ1n) is 8.31. The fourth-order valence-corrected chi connectivity index (χ4v) is 5.77. The van der Waals surface area contributed by atoms with Crippen molar-refractivity contribution in [1.82, 2.24) is 8.87 Å². The van der Waals surface area contributed by atoms with E-state index in [-0.39, 0.29) is 4.90 Å². The highest BCUT2D eigenvalue weighted by molar-refractivity contribution is 7.99. The van der Waals surface area contributed by atoms with Crippen molar-refractivity contribution in [3.05, 3.63) is 59.8 Å². The number of rotatable bonds is 6. The van der Waals surface area contributed by atoms with E-state index in [1.165, 1.54) is 46.1 Å². The molecule has 0 aliphatic heterocycles. The van der Waals surface area contributed by atoms with Crippen LogP contribution in [0.3, 0.4) is 0 Å². The van der Waals surface area contributed by atoms with Crippen molar-refractivity contribution in [3.63, 3.8) is 0 Å². The topological polar surface area (TPSA) is 42.3 Å². The molecule has 0 fully saturated rings. The van der Waals surface area contributed by atoms with E-state index in [9.17, 15) is 17.2 Å². The molecule has 0 amide bonds. The number of nitrogens with zero attached hydrogens (tertiary/aromatic N) is 2. The summed E-state index contributed by atoms with van der Waals surface area (Å²) in [6, 6.07) is 8.76. The second-order valence-corrected chi connectivity index (χ2v) is 9.34. The molecule has 3 aromatic rings. The molecule has 0 aliphatic carbocycles. The lowest BCUT2D eigenvalue weighted by molar-refractivity contribution is 0.437. The Labute approximate surface area is 161 Å². The molecule has 4 nitrogen and oxygen atoms in total. The minimum Gasteiger partial charge on any atom is -0.309 e. The van der Waals surface area contributed by atoms with Gasteiger partial charge in [-0.3, -0.25) is 0 Å². The van der Waals surface area contributed by atoms with Crippen LogP contribution in [0.4, 0.5) is 8.78 Å². The van der Waals surface area contributed by atoms with Crippen molar-refractivity contribution in [2.24, 2.45) is 0 Å². The minimum absolute atomic E-state index is 0.0157. The number of hydrogen-bond donors (Lipinski definition) is 0. The van der Waals surface area contributed by atoms with Gasteiger partial charge in [-0.1, -0.05) is 0 Å². The van der Waals surface area contributed by atoms with Crippen molar-refractivity contribution in [3.8, 4) is 0 Å². The van der Waals surface area contributed by atoms with Crippen LogP contribution in [-0.4, -0.2) is 43.7 Å². The Hall–Kier alpha value is -1.90. The summed E-state index contributed by atoms with van der Waals surface area (Å²) in [5.41, 5.74) is 0.925. The molecule has 0 unspecified atom stereocenters. The van der Waals surface area contributed by atoms with Gasteiger partial charge in [0.05, 0.1) is 10.4 Å². The normalized spacial score (nSPS) is 12.2. The molecule has 3 rings (SSSR count). The number of benzene rings is 2. The van der Waals surface area contributed by atoms with Crippen molar-refractivity contribution in [2.75, 3.05) is 26.4 Å². The highest BCUT2D eigenvalue weighted by atomic mass is 32.2. The van der Waals surface area contributed by atoms with Crippen LogP contribution >= 0.6 is 11.8 Å². The van der Waals surface area contributed by atoms with E-state index in [2.05, 4.69) is 0 Å². The van der Waals surface area contributed by atoms with Crippen LogP contribution in [0, 0.1) is 18.6 Å². The average Bonchev–Trinajstić information content (AvgIpc) is 2.87. The standard InChI is InChI=1S/C19H20F2N2O2S2/c1-13-19(26-11-10-22(2)3)17-12-15(21)6-9-18(17)23(13)27(24,25)16-7-4-14(20)5-8-16/h4-9,12H,10-11H2,1-3H3. The molecule has 2 aromatic carbocycles. The fourth-order valence-electron chi connectivity index (χ4n) is 2.87. The SMILES string of the molecule is Cc1c(SCCN(C)C)c2cc(F)ccc2n1S(=O)(=O)c1ccc(F)cc1. The summed E-state index contributed by atoms with van der Waals surface area (Å²) in [6.45, 7) is 2.51. The van der Waals surface area contributed by atoms with Crippen LogP contribution in [0.1, 0.15) is 5.69 Å². The van der Waals surface area contributed by atoms with Gasteiger partial charge in [-0.15, -0.1) is 11.8 Å². The van der Waals surface area contributed by atoms with Gasteiger partial charge in [-0.2, -0.15) is 0 Å². The Morgan fingerprint density at radius 2 is 1.67 bits per heavy atom. The number of thioether (sulfide) groups is 1. The quantitative estimate of drug-likeness (QED) is 0.574. The van der Waals surface area contributed by atoms with Crippen LogP contribution in [0.15, 0.2) is 52.3 Å². The van der Waals surface area contributed by atoms with E-state index >= 15 is 0 Å². The highest BCUT2D eigenvalue weighted by Gasteiger charge is 2.25. The Bertz CT molecular complexity index is 1080. The molecule has 1 aromatic heterocycles. The maximum atomic E-state index is 13.9. The van der Waals surface area contributed by atoms with Crippen LogP contribution in [0.5, 0.6) is 0 Å². The molecule has 0 spiro atoms. The third-order valence-electron chi connectivity index (χ3n) is 4.19. The van der Waals surface area contributed by atoms with Gasteiger partial charge in [-0.25, -0.2) is 21.2 Å². The maximum absolute atomic E-state index is 13.9. The summed E-state index contributed by atoms with van der Waals surface area (Å²) in [5, 5.41) is 0.557. The number of hydrogen-bond acceptors (Lipinski definition) is 4. The molecule has 8 heteroatoms. The molecule has 0 bridgehead atoms. The van der Waals surface area contributed by atoms with Crippen LogP contribution in [0.25, 0.3) is 10.9 Å². The molecule has 0 radical (unpaired) electrons. The zero-order chi connectivity index (χ0) is 19.8. The lowest BCUT2D eigenvalue weighted by Gasteiger charge is -2.11. The molecule has 0 saturated carbocycles. The van der Waals surface area contributed by atoms with E-state index in [1.807, 2.05) is 19.0 Å². The van der Waals surface area contributed by atoms with Gasteiger partial charge in [0.1, 0.15) is 11.6 Å². The lowest BCUT2D eigenvalue weighted by atomic mass is 10.2.